The number of β-amino-alcohol motifs (C(OH)–C–C–N with tert-alkyl or cyclic N) is 1. The molecule has 2 fully saturated rings. The molecule has 74 heavy (non-hydrogen) atoms. The first-order chi connectivity index (χ1) is 35.5. The Morgan fingerprint density at radius 2 is 1.69 bits per heavy atom. The number of amides is 4. The first-order valence-corrected chi connectivity index (χ1v) is 25.9. The van der Waals surface area contributed by atoms with Crippen molar-refractivity contribution in [2.24, 2.45) is 11.1 Å². The largest absolute Gasteiger partial charge is 0.391 e. The molecule has 0 radical (unpaired) electrons. The van der Waals surface area contributed by atoms with E-state index in [1.54, 1.807) is 17.5 Å². The molecule has 4 aromatic heterocycles. The number of benzene rings is 3. The number of hydrogen-bond acceptors (Lipinski definition) is 13. The lowest BCUT2D eigenvalue weighted by Gasteiger charge is -2.38. The Morgan fingerprint density at radius 3 is 2.39 bits per heavy atom. The van der Waals surface area contributed by atoms with Crippen molar-refractivity contribution in [3.8, 4) is 38.8 Å². The van der Waals surface area contributed by atoms with Gasteiger partial charge in [-0.1, -0.05) is 75.4 Å². The molecule has 3 aromatic carbocycles. The average Bonchev–Trinajstić information content (AvgIpc) is 4.12. The van der Waals surface area contributed by atoms with Crippen LogP contribution in [0.4, 0.5) is 5.82 Å². The molecule has 1 saturated carbocycles. The van der Waals surface area contributed by atoms with Crippen molar-refractivity contribution >= 4 is 51.9 Å². The monoisotopic (exact) mass is 1020 g/mol. The normalized spacial score (nSPS) is 16.6. The number of nitrogens with zero attached hydrogens (tertiary/aromatic N) is 6. The highest BCUT2D eigenvalue weighted by atomic mass is 32.1. The Kier molecular flexibility index (Phi) is 15.3. The Morgan fingerprint density at radius 1 is 0.905 bits per heavy atom. The third-order valence-corrected chi connectivity index (χ3v) is 14.9. The van der Waals surface area contributed by atoms with E-state index in [0.29, 0.717) is 34.8 Å². The fraction of sp³-hybridized carbons (Fsp3) is 0.357. The number of hydrogen-bond donors (Lipinski definition) is 6. The second-order valence-electron chi connectivity index (χ2n) is 20.3. The fourth-order valence-electron chi connectivity index (χ4n) is 9.58. The van der Waals surface area contributed by atoms with Crippen LogP contribution in [0.15, 0.2) is 109 Å². The maximum atomic E-state index is 14.1. The number of nitrogens with two attached hydrogens (primary N) is 2. The van der Waals surface area contributed by atoms with Crippen LogP contribution >= 0.6 is 11.3 Å². The number of fused-ring (bicyclic) bond motifs is 1. The number of rotatable bonds is 18. The summed E-state index contributed by atoms with van der Waals surface area (Å²) in [4.78, 5) is 74.9. The summed E-state index contributed by atoms with van der Waals surface area (Å²) in [5.74, 6) is -0.578. The number of aliphatic hydroxyl groups is 1. The molecule has 5 heterocycles. The second kappa shape index (κ2) is 22.0. The molecule has 7 aromatic rings. The van der Waals surface area contributed by atoms with Gasteiger partial charge in [-0.15, -0.1) is 11.3 Å². The van der Waals surface area contributed by atoms with Gasteiger partial charge in [0.15, 0.2) is 11.5 Å². The zero-order chi connectivity index (χ0) is 52.1. The van der Waals surface area contributed by atoms with Gasteiger partial charge in [-0.25, -0.2) is 19.9 Å². The van der Waals surface area contributed by atoms with Gasteiger partial charge in [-0.05, 0) is 103 Å². The first kappa shape index (κ1) is 51.5. The van der Waals surface area contributed by atoms with Crippen LogP contribution in [0.3, 0.4) is 0 Å². The Labute approximate surface area is 434 Å². The van der Waals surface area contributed by atoms with Crippen molar-refractivity contribution in [3.05, 3.63) is 131 Å². The van der Waals surface area contributed by atoms with Crippen molar-refractivity contribution in [3.63, 3.8) is 0 Å². The van der Waals surface area contributed by atoms with Gasteiger partial charge < -0.3 is 42.2 Å². The Hall–Kier alpha value is -7.38. The van der Waals surface area contributed by atoms with Gasteiger partial charge in [-0.2, -0.15) is 0 Å². The van der Waals surface area contributed by atoms with Crippen LogP contribution < -0.4 is 27.4 Å². The van der Waals surface area contributed by atoms with E-state index in [-0.39, 0.29) is 63.0 Å². The van der Waals surface area contributed by atoms with Crippen molar-refractivity contribution in [1.82, 2.24) is 45.4 Å². The van der Waals surface area contributed by atoms with Gasteiger partial charge in [-0.3, -0.25) is 23.7 Å². The SMILES string of the molecule is Cc1ncsc1-c1ccc(CNC(=O)[C@@H]2C[C@@H](O)CN2C(=O)[C@@H](NC(=O)COCCNC(=O)CCc2cccc(-c3ccc4nc(-c5cccnc5N)n(-c5ccc(C6(N)CCC6)cc5)c4n3)c2)C(C)(C)C)cc1. The number of aliphatic hydroxyl groups excluding tert-OH is 1. The van der Waals surface area contributed by atoms with Gasteiger partial charge in [0.05, 0.1) is 40.0 Å². The van der Waals surface area contributed by atoms with Crippen LogP contribution in [0.1, 0.15) is 75.3 Å². The minimum atomic E-state index is -1.01. The number of pyridine rings is 2. The molecule has 18 heteroatoms. The van der Waals surface area contributed by atoms with Crippen LogP contribution in [-0.2, 0) is 42.4 Å². The quantitative estimate of drug-likeness (QED) is 0.0514. The number of aromatic nitrogens is 5. The molecule has 3 atom stereocenters. The molecule has 0 spiro atoms. The van der Waals surface area contributed by atoms with Crippen molar-refractivity contribution in [2.45, 2.75) is 96.5 Å². The van der Waals surface area contributed by atoms with Gasteiger partial charge in [0.1, 0.15) is 30.0 Å². The lowest BCUT2D eigenvalue weighted by molar-refractivity contribution is -0.144. The Balaban J connectivity index is 0.756. The van der Waals surface area contributed by atoms with Crippen LogP contribution in [0.2, 0.25) is 0 Å². The highest BCUT2D eigenvalue weighted by Crippen LogP contribution is 2.40. The fourth-order valence-corrected chi connectivity index (χ4v) is 10.4. The number of imidazole rings is 1. The minimum Gasteiger partial charge on any atom is -0.391 e. The van der Waals surface area contributed by atoms with Crippen LogP contribution in [0.25, 0.3) is 49.9 Å². The molecule has 8 N–H and O–H groups in total. The minimum absolute atomic E-state index is 0.0394. The lowest BCUT2D eigenvalue weighted by atomic mass is 9.73. The van der Waals surface area contributed by atoms with E-state index in [2.05, 4.69) is 38.1 Å². The highest BCUT2D eigenvalue weighted by Gasteiger charge is 2.44. The van der Waals surface area contributed by atoms with Gasteiger partial charge in [0.2, 0.25) is 23.6 Å². The maximum Gasteiger partial charge on any atom is 0.246 e. The number of nitrogens with one attached hydrogen (secondary N) is 3. The molecule has 0 bridgehead atoms. The molecule has 384 valence electrons. The number of nitrogen functional groups attached to an aromatic ring is 1. The van der Waals surface area contributed by atoms with Crippen LogP contribution in [0, 0.1) is 12.3 Å². The number of thiazole rings is 1. The topological polar surface area (TPSA) is 246 Å². The standard InChI is InChI=1S/C56H63N11O6S/c1-34-48(74-33-62-34)37-14-11-36(12-15-37)30-61-53(71)45-29-41(68)31-66(45)54(72)49(55(2,3)4)65-47(70)32-73-27-26-59-46(69)22-13-35-8-5-9-38(28-35)43-20-21-44-52(63-43)67(51(64-44)42-10-6-25-60-50(42)57)40-18-16-39(17-19-40)56(58)23-7-24-56/h5-6,8-12,14-21,25,28,33,41,45,49,68H,7,13,22-24,26-27,29-32,58H2,1-4H3,(H2,57,60)(H,59,69)(H,61,71)(H,65,70)/t41-,45+,49-/m1/s1. The molecular formula is C56H63N11O6S. The molecule has 1 aliphatic carbocycles. The summed E-state index contributed by atoms with van der Waals surface area (Å²) in [7, 11) is 0. The zero-order valence-corrected chi connectivity index (χ0v) is 43.0. The average molecular weight is 1020 g/mol. The van der Waals surface area contributed by atoms with E-state index in [4.69, 9.17) is 26.2 Å². The van der Waals surface area contributed by atoms with Crippen molar-refractivity contribution in [1.29, 1.82) is 0 Å². The summed E-state index contributed by atoms with van der Waals surface area (Å²) in [6.07, 6.45) is 4.57. The number of likely N-dealkylation sites (tertiary alicyclic amines) is 1. The smallest absolute Gasteiger partial charge is 0.246 e. The summed E-state index contributed by atoms with van der Waals surface area (Å²) in [6.45, 7) is 7.50. The molecule has 9 rings (SSSR count). The summed E-state index contributed by atoms with van der Waals surface area (Å²) < 4.78 is 7.62. The van der Waals surface area contributed by atoms with E-state index in [1.165, 1.54) is 4.90 Å². The molecule has 2 aliphatic rings. The van der Waals surface area contributed by atoms with Crippen LogP contribution in [-0.4, -0.2) is 103 Å². The maximum absolute atomic E-state index is 14.1. The second-order valence-corrected chi connectivity index (χ2v) is 21.2. The van der Waals surface area contributed by atoms with Crippen molar-refractivity contribution in [2.75, 3.05) is 32.0 Å². The van der Waals surface area contributed by atoms with Gasteiger partial charge >= 0.3 is 0 Å². The molecule has 4 amide bonds. The predicted octanol–water partition coefficient (Wildman–Crippen LogP) is 6.38. The number of aryl methyl sites for hydroxylation is 2. The van der Waals surface area contributed by atoms with Crippen molar-refractivity contribution < 1.29 is 29.0 Å². The van der Waals surface area contributed by atoms with E-state index >= 15 is 0 Å². The summed E-state index contributed by atoms with van der Waals surface area (Å²) >= 11 is 1.57. The molecular weight excluding hydrogens is 955 g/mol. The number of anilines is 1. The molecule has 1 aliphatic heterocycles. The summed E-state index contributed by atoms with van der Waals surface area (Å²) in [5.41, 5.74) is 23.3. The predicted molar refractivity (Wildman–Crippen MR) is 285 cm³/mol. The van der Waals surface area contributed by atoms with Gasteiger partial charge in [0.25, 0.3) is 0 Å². The zero-order valence-electron chi connectivity index (χ0n) is 42.1. The van der Waals surface area contributed by atoms with E-state index in [9.17, 15) is 24.3 Å². The van der Waals surface area contributed by atoms with Crippen LogP contribution in [0.5, 0.6) is 0 Å². The number of carbonyl (C=O) groups excluding carboxylic acids is 4. The summed E-state index contributed by atoms with van der Waals surface area (Å²) in [6, 6.07) is 29.7. The van der Waals surface area contributed by atoms with E-state index in [1.807, 2.05) is 123 Å². The number of carbonyl (C=O) groups is 4. The van der Waals surface area contributed by atoms with E-state index in [0.717, 1.165) is 69.0 Å². The molecule has 1 saturated heterocycles. The summed E-state index contributed by atoms with van der Waals surface area (Å²) in [5, 5.41) is 19.2. The number of ether oxygens (including phenoxy) is 1. The van der Waals surface area contributed by atoms with E-state index < -0.39 is 35.4 Å². The first-order valence-electron chi connectivity index (χ1n) is 25.0. The van der Waals surface area contributed by atoms with Gasteiger partial charge in [0, 0.05) is 55.5 Å². The third-order valence-electron chi connectivity index (χ3n) is 13.9. The molecule has 0 unspecified atom stereocenters. The third kappa shape index (κ3) is 11.5. The highest BCUT2D eigenvalue weighted by molar-refractivity contribution is 7.13. The Bertz CT molecular complexity index is 3160. The lowest BCUT2D eigenvalue weighted by Crippen LogP contribution is -2.58. The molecule has 17 nitrogen and oxygen atoms in total.